The highest BCUT2D eigenvalue weighted by Crippen LogP contribution is 2.22. The zero-order valence-electron chi connectivity index (χ0n) is 19.0. The van der Waals surface area contributed by atoms with Crippen molar-refractivity contribution in [2.45, 2.75) is 32.8 Å². The molecule has 0 saturated carbocycles. The van der Waals surface area contributed by atoms with Crippen LogP contribution in [0.15, 0.2) is 66.7 Å². The monoisotopic (exact) mass is 430 g/mol. The number of hydrogen-bond donors (Lipinski definition) is 0. The van der Waals surface area contributed by atoms with Crippen LogP contribution in [0.1, 0.15) is 42.6 Å². The highest BCUT2D eigenvalue weighted by atomic mass is 16.5. The zero-order valence-corrected chi connectivity index (χ0v) is 19.0. The lowest BCUT2D eigenvalue weighted by molar-refractivity contribution is -0.139. The number of fused-ring (bicyclic) bond motifs is 1. The van der Waals surface area contributed by atoms with Crippen molar-refractivity contribution in [1.82, 2.24) is 9.80 Å². The molecule has 0 bridgehead atoms. The molecule has 1 aliphatic rings. The minimum atomic E-state index is -0.569. The van der Waals surface area contributed by atoms with E-state index < -0.39 is 6.10 Å². The first-order valence-corrected chi connectivity index (χ1v) is 11.3. The second kappa shape index (κ2) is 9.43. The van der Waals surface area contributed by atoms with Crippen molar-refractivity contribution in [3.05, 3.63) is 77.9 Å². The molecule has 5 heteroatoms. The number of piperazine rings is 1. The first-order chi connectivity index (χ1) is 15.4. The summed E-state index contributed by atoms with van der Waals surface area (Å²) < 4.78 is 5.88. The van der Waals surface area contributed by atoms with Gasteiger partial charge in [-0.2, -0.15) is 0 Å². The Balaban J connectivity index is 1.35. The summed E-state index contributed by atoms with van der Waals surface area (Å²) in [6.45, 7) is 8.13. The molecule has 1 heterocycles. The van der Waals surface area contributed by atoms with Crippen molar-refractivity contribution in [2.75, 3.05) is 26.2 Å². The number of amides is 2. The SMILES string of the molecule is CC(Oc1ccc(C(C)C)cc1)C(=O)N1CCN(C(=O)c2cccc3ccccc23)CC1. The van der Waals surface area contributed by atoms with Crippen LogP contribution in [0.5, 0.6) is 5.75 Å². The van der Waals surface area contributed by atoms with Gasteiger partial charge < -0.3 is 14.5 Å². The number of nitrogens with zero attached hydrogens (tertiary/aromatic N) is 2. The third-order valence-corrected chi connectivity index (χ3v) is 6.11. The van der Waals surface area contributed by atoms with E-state index in [2.05, 4.69) is 13.8 Å². The molecule has 0 aliphatic carbocycles. The van der Waals surface area contributed by atoms with Crippen LogP contribution in [0, 0.1) is 0 Å². The Kier molecular flexibility index (Phi) is 6.45. The van der Waals surface area contributed by atoms with Crippen LogP contribution in [0.2, 0.25) is 0 Å². The van der Waals surface area contributed by atoms with E-state index in [9.17, 15) is 9.59 Å². The highest BCUT2D eigenvalue weighted by Gasteiger charge is 2.28. The summed E-state index contributed by atoms with van der Waals surface area (Å²) in [5.41, 5.74) is 1.95. The standard InChI is InChI=1S/C27H30N2O3/c1-19(2)21-11-13-23(14-12-21)32-20(3)26(30)28-15-17-29(18-16-28)27(31)25-10-6-8-22-7-4-5-9-24(22)25/h4-14,19-20H,15-18H2,1-3H3. The topological polar surface area (TPSA) is 49.9 Å². The van der Waals surface area contributed by atoms with Gasteiger partial charge in [0.1, 0.15) is 5.75 Å². The maximum Gasteiger partial charge on any atom is 0.263 e. The van der Waals surface area contributed by atoms with Crippen LogP contribution in [-0.2, 0) is 4.79 Å². The fraction of sp³-hybridized carbons (Fsp3) is 0.333. The smallest absolute Gasteiger partial charge is 0.263 e. The molecule has 3 aromatic carbocycles. The van der Waals surface area contributed by atoms with Crippen molar-refractivity contribution in [1.29, 1.82) is 0 Å². The van der Waals surface area contributed by atoms with E-state index in [1.807, 2.05) is 71.6 Å². The molecular weight excluding hydrogens is 400 g/mol. The van der Waals surface area contributed by atoms with Gasteiger partial charge in [0, 0.05) is 31.7 Å². The van der Waals surface area contributed by atoms with Crippen LogP contribution in [-0.4, -0.2) is 53.9 Å². The van der Waals surface area contributed by atoms with Crippen molar-refractivity contribution >= 4 is 22.6 Å². The van der Waals surface area contributed by atoms with Gasteiger partial charge in [-0.05, 0) is 47.4 Å². The molecule has 1 atom stereocenters. The zero-order chi connectivity index (χ0) is 22.7. The normalized spacial score (nSPS) is 15.1. The minimum Gasteiger partial charge on any atom is -0.481 e. The van der Waals surface area contributed by atoms with E-state index in [-0.39, 0.29) is 11.8 Å². The molecule has 1 aliphatic heterocycles. The van der Waals surface area contributed by atoms with E-state index in [0.717, 1.165) is 10.8 Å². The molecule has 1 saturated heterocycles. The average Bonchev–Trinajstić information content (AvgIpc) is 2.83. The first kappa shape index (κ1) is 21.9. The van der Waals surface area contributed by atoms with E-state index in [1.165, 1.54) is 5.56 Å². The van der Waals surface area contributed by atoms with Crippen LogP contribution in [0.4, 0.5) is 0 Å². The number of carbonyl (C=O) groups excluding carboxylic acids is 2. The molecular formula is C27H30N2O3. The molecule has 0 spiro atoms. The summed E-state index contributed by atoms with van der Waals surface area (Å²) in [6, 6.07) is 21.6. The fourth-order valence-corrected chi connectivity index (χ4v) is 4.16. The first-order valence-electron chi connectivity index (χ1n) is 11.3. The van der Waals surface area contributed by atoms with Gasteiger partial charge in [0.05, 0.1) is 0 Å². The van der Waals surface area contributed by atoms with E-state index in [4.69, 9.17) is 4.74 Å². The predicted molar refractivity (Wildman–Crippen MR) is 127 cm³/mol. The van der Waals surface area contributed by atoms with Gasteiger partial charge in [0.15, 0.2) is 6.10 Å². The lowest BCUT2D eigenvalue weighted by Crippen LogP contribution is -2.53. The van der Waals surface area contributed by atoms with Crippen LogP contribution in [0.25, 0.3) is 10.8 Å². The van der Waals surface area contributed by atoms with Crippen molar-refractivity contribution in [3.63, 3.8) is 0 Å². The van der Waals surface area contributed by atoms with Gasteiger partial charge in [-0.3, -0.25) is 9.59 Å². The molecule has 166 valence electrons. The fourth-order valence-electron chi connectivity index (χ4n) is 4.16. The molecule has 0 aromatic heterocycles. The maximum atomic E-state index is 13.1. The molecule has 2 amide bonds. The number of rotatable bonds is 5. The second-order valence-corrected chi connectivity index (χ2v) is 8.63. The Bertz CT molecular complexity index is 1090. The van der Waals surface area contributed by atoms with Crippen LogP contribution >= 0.6 is 0 Å². The molecule has 4 rings (SSSR count). The number of hydrogen-bond acceptors (Lipinski definition) is 3. The van der Waals surface area contributed by atoms with Crippen LogP contribution < -0.4 is 4.74 Å². The van der Waals surface area contributed by atoms with E-state index in [0.29, 0.717) is 43.4 Å². The third-order valence-electron chi connectivity index (χ3n) is 6.11. The molecule has 1 unspecified atom stereocenters. The number of ether oxygens (including phenoxy) is 1. The highest BCUT2D eigenvalue weighted by molar-refractivity contribution is 6.07. The van der Waals surface area contributed by atoms with Gasteiger partial charge >= 0.3 is 0 Å². The summed E-state index contributed by atoms with van der Waals surface area (Å²) in [7, 11) is 0. The molecule has 5 nitrogen and oxygen atoms in total. The number of benzene rings is 3. The molecule has 3 aromatic rings. The van der Waals surface area contributed by atoms with Crippen molar-refractivity contribution < 1.29 is 14.3 Å². The third kappa shape index (κ3) is 4.62. The Morgan fingerprint density at radius 1 is 0.781 bits per heavy atom. The molecule has 1 fully saturated rings. The van der Waals surface area contributed by atoms with Gasteiger partial charge in [-0.1, -0.05) is 62.4 Å². The lowest BCUT2D eigenvalue weighted by Gasteiger charge is -2.36. The molecule has 0 N–H and O–H groups in total. The largest absolute Gasteiger partial charge is 0.481 e. The molecule has 0 radical (unpaired) electrons. The molecule has 32 heavy (non-hydrogen) atoms. The van der Waals surface area contributed by atoms with Crippen molar-refractivity contribution in [3.8, 4) is 5.75 Å². The lowest BCUT2D eigenvalue weighted by atomic mass is 10.0. The Hall–Kier alpha value is -3.34. The summed E-state index contributed by atoms with van der Waals surface area (Å²) >= 11 is 0. The second-order valence-electron chi connectivity index (χ2n) is 8.63. The van der Waals surface area contributed by atoms with Gasteiger partial charge in [-0.15, -0.1) is 0 Å². The van der Waals surface area contributed by atoms with Gasteiger partial charge in [0.2, 0.25) is 0 Å². The van der Waals surface area contributed by atoms with Crippen LogP contribution in [0.3, 0.4) is 0 Å². The quantitative estimate of drug-likeness (QED) is 0.589. The van der Waals surface area contributed by atoms with E-state index in [1.54, 1.807) is 11.8 Å². The van der Waals surface area contributed by atoms with Gasteiger partial charge in [-0.25, -0.2) is 0 Å². The average molecular weight is 431 g/mol. The summed E-state index contributed by atoms with van der Waals surface area (Å²) in [5, 5.41) is 2.02. The Morgan fingerprint density at radius 2 is 1.41 bits per heavy atom. The predicted octanol–water partition coefficient (Wildman–Crippen LogP) is 4.72. The summed E-state index contributed by atoms with van der Waals surface area (Å²) in [5.74, 6) is 1.12. The van der Waals surface area contributed by atoms with Gasteiger partial charge in [0.25, 0.3) is 11.8 Å². The Labute approximate surface area is 189 Å². The van der Waals surface area contributed by atoms with Crippen molar-refractivity contribution in [2.24, 2.45) is 0 Å². The summed E-state index contributed by atoms with van der Waals surface area (Å²) in [4.78, 5) is 29.7. The number of carbonyl (C=O) groups is 2. The minimum absolute atomic E-state index is 0.0171. The summed E-state index contributed by atoms with van der Waals surface area (Å²) in [6.07, 6.45) is -0.569. The van der Waals surface area contributed by atoms with E-state index >= 15 is 0 Å². The maximum absolute atomic E-state index is 13.1. The Morgan fingerprint density at radius 3 is 2.09 bits per heavy atom.